The average molecular weight is 373 g/mol. The predicted octanol–water partition coefficient (Wildman–Crippen LogP) is 3.64. The molecular weight excluding hydrogens is 352 g/mol. The van der Waals surface area contributed by atoms with E-state index in [0.29, 0.717) is 30.0 Å². The fourth-order valence-corrected chi connectivity index (χ4v) is 3.22. The molecule has 2 aromatic carbocycles. The van der Waals surface area contributed by atoms with Crippen LogP contribution in [0.1, 0.15) is 30.1 Å². The molecule has 3 rings (SSSR count). The molecule has 5 nitrogen and oxygen atoms in total. The molecule has 1 aliphatic heterocycles. The zero-order valence-corrected chi connectivity index (χ0v) is 15.0. The Morgan fingerprint density at radius 2 is 1.89 bits per heavy atom. The van der Waals surface area contributed by atoms with E-state index in [1.54, 1.807) is 29.2 Å². The number of hydrogen-bond donors (Lipinski definition) is 2. The number of nitrogens with one attached hydrogen (secondary N) is 2. The molecule has 7 heteroatoms. The van der Waals surface area contributed by atoms with Gasteiger partial charge in [-0.05, 0) is 43.2 Å². The number of amides is 2. The van der Waals surface area contributed by atoms with E-state index in [2.05, 4.69) is 10.6 Å². The lowest BCUT2D eigenvalue weighted by Crippen LogP contribution is -2.45. The smallest absolute Gasteiger partial charge is 0.253 e. The highest BCUT2D eigenvalue weighted by Crippen LogP contribution is 2.20. The van der Waals surface area contributed by atoms with Crippen LogP contribution in [0.3, 0.4) is 0 Å². The van der Waals surface area contributed by atoms with Gasteiger partial charge in [-0.1, -0.05) is 6.07 Å². The molecule has 142 valence electrons. The van der Waals surface area contributed by atoms with E-state index in [1.165, 1.54) is 13.0 Å². The molecule has 1 atom stereocenters. The first-order valence-electron chi connectivity index (χ1n) is 8.81. The van der Waals surface area contributed by atoms with Gasteiger partial charge in [0.1, 0.15) is 0 Å². The molecule has 0 spiro atoms. The second kappa shape index (κ2) is 8.16. The Labute approximate surface area is 156 Å². The minimum Gasteiger partial charge on any atom is -0.380 e. The first kappa shape index (κ1) is 18.8. The van der Waals surface area contributed by atoms with Gasteiger partial charge in [0.25, 0.3) is 5.91 Å². The number of halogens is 2. The fraction of sp³-hybridized carbons (Fsp3) is 0.300. The number of nitrogens with zero attached hydrogens (tertiary/aromatic N) is 1. The van der Waals surface area contributed by atoms with Crippen LogP contribution in [0.5, 0.6) is 0 Å². The molecule has 0 unspecified atom stereocenters. The first-order chi connectivity index (χ1) is 12.9. The third-order valence-electron chi connectivity index (χ3n) is 4.43. The normalized spacial score (nSPS) is 16.7. The van der Waals surface area contributed by atoms with Gasteiger partial charge in [0.05, 0.1) is 0 Å². The Morgan fingerprint density at radius 3 is 2.63 bits per heavy atom. The highest BCUT2D eigenvalue weighted by atomic mass is 19.2. The van der Waals surface area contributed by atoms with E-state index < -0.39 is 11.6 Å². The van der Waals surface area contributed by atoms with E-state index in [-0.39, 0.29) is 17.9 Å². The second-order valence-electron chi connectivity index (χ2n) is 6.63. The SMILES string of the molecule is CC(=O)Nc1cccc(C(=O)N2CCC[C@@H](Nc3ccc(F)c(F)c3)C2)c1. The minimum absolute atomic E-state index is 0.0499. The molecule has 2 aromatic rings. The number of anilines is 2. The molecule has 0 radical (unpaired) electrons. The summed E-state index contributed by atoms with van der Waals surface area (Å²) >= 11 is 0. The summed E-state index contributed by atoms with van der Waals surface area (Å²) in [7, 11) is 0. The second-order valence-corrected chi connectivity index (χ2v) is 6.63. The minimum atomic E-state index is -0.904. The standard InChI is InChI=1S/C20H21F2N3O2/c1-13(26)23-15-5-2-4-14(10-15)20(27)25-9-3-6-17(12-25)24-16-7-8-18(21)19(22)11-16/h2,4-5,7-8,10-11,17,24H,3,6,9,12H2,1H3,(H,23,26)/t17-/m1/s1. The Hall–Kier alpha value is -2.96. The molecule has 0 bridgehead atoms. The molecule has 2 amide bonds. The number of likely N-dealkylation sites (tertiary alicyclic amines) is 1. The maximum absolute atomic E-state index is 13.4. The fourth-order valence-electron chi connectivity index (χ4n) is 3.22. The van der Waals surface area contributed by atoms with Crippen molar-refractivity contribution in [2.75, 3.05) is 23.7 Å². The van der Waals surface area contributed by atoms with Gasteiger partial charge in [0.15, 0.2) is 11.6 Å². The van der Waals surface area contributed by atoms with Crippen molar-refractivity contribution in [1.82, 2.24) is 4.90 Å². The van der Waals surface area contributed by atoms with Gasteiger partial charge in [-0.25, -0.2) is 8.78 Å². The molecule has 0 aromatic heterocycles. The van der Waals surface area contributed by atoms with Crippen molar-refractivity contribution in [2.45, 2.75) is 25.8 Å². The quantitative estimate of drug-likeness (QED) is 0.860. The van der Waals surface area contributed by atoms with Crippen LogP contribution in [-0.2, 0) is 4.79 Å². The van der Waals surface area contributed by atoms with Crippen molar-refractivity contribution >= 4 is 23.2 Å². The third kappa shape index (κ3) is 4.81. The van der Waals surface area contributed by atoms with Crippen molar-refractivity contribution < 1.29 is 18.4 Å². The Morgan fingerprint density at radius 1 is 1.07 bits per heavy atom. The van der Waals surface area contributed by atoms with E-state index >= 15 is 0 Å². The van der Waals surface area contributed by atoms with Gasteiger partial charge in [0, 0.05) is 49.1 Å². The van der Waals surface area contributed by atoms with Gasteiger partial charge in [-0.2, -0.15) is 0 Å². The van der Waals surface area contributed by atoms with Crippen LogP contribution in [0.15, 0.2) is 42.5 Å². The van der Waals surface area contributed by atoms with Gasteiger partial charge in [-0.15, -0.1) is 0 Å². The van der Waals surface area contributed by atoms with Crippen molar-refractivity contribution in [2.24, 2.45) is 0 Å². The highest BCUT2D eigenvalue weighted by molar-refractivity contribution is 5.96. The maximum atomic E-state index is 13.4. The summed E-state index contributed by atoms with van der Waals surface area (Å²) in [5.41, 5.74) is 1.55. The van der Waals surface area contributed by atoms with Crippen LogP contribution in [0, 0.1) is 11.6 Å². The molecule has 1 saturated heterocycles. The van der Waals surface area contributed by atoms with Gasteiger partial charge < -0.3 is 15.5 Å². The highest BCUT2D eigenvalue weighted by Gasteiger charge is 2.24. The van der Waals surface area contributed by atoms with Gasteiger partial charge in [0.2, 0.25) is 5.91 Å². The topological polar surface area (TPSA) is 61.4 Å². The van der Waals surface area contributed by atoms with Crippen molar-refractivity contribution in [3.63, 3.8) is 0 Å². The van der Waals surface area contributed by atoms with Crippen molar-refractivity contribution in [3.05, 3.63) is 59.7 Å². The monoisotopic (exact) mass is 373 g/mol. The summed E-state index contributed by atoms with van der Waals surface area (Å²) in [4.78, 5) is 25.7. The Balaban J connectivity index is 1.67. The van der Waals surface area contributed by atoms with E-state index in [0.717, 1.165) is 25.0 Å². The van der Waals surface area contributed by atoms with Crippen LogP contribution in [0.4, 0.5) is 20.2 Å². The van der Waals surface area contributed by atoms with Crippen LogP contribution in [-0.4, -0.2) is 35.8 Å². The number of benzene rings is 2. The molecule has 0 saturated carbocycles. The lowest BCUT2D eigenvalue weighted by atomic mass is 10.0. The number of carbonyl (C=O) groups is 2. The van der Waals surface area contributed by atoms with Gasteiger partial charge in [-0.3, -0.25) is 9.59 Å². The number of hydrogen-bond acceptors (Lipinski definition) is 3. The largest absolute Gasteiger partial charge is 0.380 e. The third-order valence-corrected chi connectivity index (χ3v) is 4.43. The predicted molar refractivity (Wildman–Crippen MR) is 99.7 cm³/mol. The summed E-state index contributed by atoms with van der Waals surface area (Å²) in [5.74, 6) is -2.12. The van der Waals surface area contributed by atoms with Crippen LogP contribution in [0.2, 0.25) is 0 Å². The van der Waals surface area contributed by atoms with Gasteiger partial charge >= 0.3 is 0 Å². The van der Waals surface area contributed by atoms with Crippen molar-refractivity contribution in [1.29, 1.82) is 0 Å². The number of piperidine rings is 1. The lowest BCUT2D eigenvalue weighted by molar-refractivity contribution is -0.114. The number of carbonyl (C=O) groups excluding carboxylic acids is 2. The van der Waals surface area contributed by atoms with Crippen LogP contribution >= 0.6 is 0 Å². The Bertz CT molecular complexity index is 857. The zero-order valence-electron chi connectivity index (χ0n) is 15.0. The summed E-state index contributed by atoms with van der Waals surface area (Å²) in [6.45, 7) is 2.50. The van der Waals surface area contributed by atoms with E-state index in [1.807, 2.05) is 0 Å². The summed E-state index contributed by atoms with van der Waals surface area (Å²) in [5, 5.41) is 5.83. The first-order valence-corrected chi connectivity index (χ1v) is 8.81. The Kier molecular flexibility index (Phi) is 5.69. The molecule has 0 aliphatic carbocycles. The maximum Gasteiger partial charge on any atom is 0.253 e. The van der Waals surface area contributed by atoms with Crippen LogP contribution < -0.4 is 10.6 Å². The summed E-state index contributed by atoms with van der Waals surface area (Å²) in [6.07, 6.45) is 1.63. The van der Waals surface area contributed by atoms with E-state index in [9.17, 15) is 18.4 Å². The molecule has 1 heterocycles. The lowest BCUT2D eigenvalue weighted by Gasteiger charge is -2.34. The number of rotatable bonds is 4. The molecule has 2 N–H and O–H groups in total. The summed E-state index contributed by atoms with van der Waals surface area (Å²) in [6, 6.07) is 10.4. The molecule has 1 aliphatic rings. The summed E-state index contributed by atoms with van der Waals surface area (Å²) < 4.78 is 26.4. The van der Waals surface area contributed by atoms with Crippen LogP contribution in [0.25, 0.3) is 0 Å². The molecule has 1 fully saturated rings. The van der Waals surface area contributed by atoms with E-state index in [4.69, 9.17) is 0 Å². The molecule has 27 heavy (non-hydrogen) atoms. The molecular formula is C20H21F2N3O2. The average Bonchev–Trinajstić information content (AvgIpc) is 2.64. The zero-order chi connectivity index (χ0) is 19.4. The van der Waals surface area contributed by atoms with Crippen molar-refractivity contribution in [3.8, 4) is 0 Å².